The highest BCUT2D eigenvalue weighted by molar-refractivity contribution is 7.91. The molecule has 3 aliphatic heterocycles. The van der Waals surface area contributed by atoms with Crippen molar-refractivity contribution in [2.75, 3.05) is 6.54 Å². The Bertz CT molecular complexity index is 2180. The van der Waals surface area contributed by atoms with Gasteiger partial charge in [-0.1, -0.05) is 57.0 Å². The Morgan fingerprint density at radius 2 is 1.81 bits per heavy atom. The predicted molar refractivity (Wildman–Crippen MR) is 205 cm³/mol. The van der Waals surface area contributed by atoms with Crippen molar-refractivity contribution in [3.8, 4) is 5.75 Å². The second kappa shape index (κ2) is 14.2. The van der Waals surface area contributed by atoms with Crippen molar-refractivity contribution in [3.05, 3.63) is 47.7 Å². The van der Waals surface area contributed by atoms with E-state index in [0.29, 0.717) is 43.1 Å². The first kappa shape index (κ1) is 40.6. The molecule has 3 amide bonds. The lowest BCUT2D eigenvalue weighted by atomic mass is 9.87. The number of benzene rings is 1. The quantitative estimate of drug-likeness (QED) is 0.250. The van der Waals surface area contributed by atoms with Crippen LogP contribution in [0, 0.1) is 17.8 Å². The molecule has 8 rings (SSSR count). The summed E-state index contributed by atoms with van der Waals surface area (Å²) in [7, 11) is -4.07. The molecule has 0 unspecified atom stereocenters. The summed E-state index contributed by atoms with van der Waals surface area (Å²) >= 11 is 0. The number of sulfonamides is 1. The Balaban J connectivity index is 1.15. The summed E-state index contributed by atoms with van der Waals surface area (Å²) in [6.45, 7) is 5.23. The highest BCUT2D eigenvalue weighted by Gasteiger charge is 2.64. The summed E-state index contributed by atoms with van der Waals surface area (Å²) in [5, 5.41) is 3.34. The number of fused-ring (bicyclic) bond motifs is 5. The number of rotatable bonds is 7. The van der Waals surface area contributed by atoms with Crippen LogP contribution in [0.15, 0.2) is 36.4 Å². The molecule has 2 aromatic rings. The van der Waals surface area contributed by atoms with E-state index >= 15 is 0 Å². The fourth-order valence-electron chi connectivity index (χ4n) is 9.20. The van der Waals surface area contributed by atoms with Crippen molar-refractivity contribution in [1.82, 2.24) is 19.9 Å². The Kier molecular flexibility index (Phi) is 9.94. The number of esters is 1. The summed E-state index contributed by atoms with van der Waals surface area (Å²) < 4.78 is 83.9. The van der Waals surface area contributed by atoms with Crippen molar-refractivity contribution in [2.45, 2.75) is 144 Å². The van der Waals surface area contributed by atoms with Gasteiger partial charge < -0.3 is 19.7 Å². The van der Waals surface area contributed by atoms with Crippen LogP contribution in [0.3, 0.4) is 0 Å². The fourth-order valence-corrected chi connectivity index (χ4v) is 10.5. The van der Waals surface area contributed by atoms with Gasteiger partial charge in [-0.3, -0.25) is 23.9 Å². The number of alkyl halides is 3. The van der Waals surface area contributed by atoms with Crippen LogP contribution in [0.2, 0.25) is 0 Å². The second-order valence-corrected chi connectivity index (χ2v) is 20.3. The van der Waals surface area contributed by atoms with E-state index in [1.165, 1.54) is 11.0 Å². The number of hydrogen-bond acceptors (Lipinski definition) is 9. The van der Waals surface area contributed by atoms with Crippen LogP contribution in [-0.2, 0) is 46.5 Å². The summed E-state index contributed by atoms with van der Waals surface area (Å²) in [6, 6.07) is 5.18. The molecule has 6 aliphatic rings. The van der Waals surface area contributed by atoms with Gasteiger partial charge in [0.05, 0.1) is 23.2 Å². The zero-order valence-electron chi connectivity index (χ0n) is 33.1. The van der Waals surface area contributed by atoms with Gasteiger partial charge in [0.2, 0.25) is 21.8 Å². The van der Waals surface area contributed by atoms with Gasteiger partial charge in [0, 0.05) is 29.2 Å². The lowest BCUT2D eigenvalue weighted by molar-refractivity contribution is -0.158. The van der Waals surface area contributed by atoms with E-state index in [1.54, 1.807) is 25.1 Å². The topological polar surface area (TPSA) is 161 Å². The third kappa shape index (κ3) is 7.35. The number of pyridine rings is 1. The van der Waals surface area contributed by atoms with Gasteiger partial charge in [0.1, 0.15) is 22.8 Å². The summed E-state index contributed by atoms with van der Waals surface area (Å²) in [5.41, 5.74) is -4.38. The van der Waals surface area contributed by atoms with Crippen molar-refractivity contribution in [3.63, 3.8) is 0 Å². The van der Waals surface area contributed by atoms with Crippen LogP contribution >= 0.6 is 0 Å². The molecular weight excluding hydrogens is 778 g/mol. The predicted octanol–water partition coefficient (Wildman–Crippen LogP) is 6.05. The van der Waals surface area contributed by atoms with Gasteiger partial charge in [-0.15, -0.1) is 0 Å². The standard InChI is InChI=1S/C42H51F3N4O8S/c1-25(2)40(19-20-40)56-32(50)21-26-11-7-5-4-6-8-12-27-22-41(27,37(53)48-58(54,55)38(3)17-18-38)47-35(51)31-23-39(24-49(31)36(26)52)16-15-29-28-13-9-10-14-30(28)46-34(33(29)57-39)42(43,44)45/h8-10,12-14,25-27,31H,4-7,11,15-24H2,1-3H3,(H,47,51)(H,48,53)/b12-8-/t26-,27-,31+,39-,41-/m1/s1. The van der Waals surface area contributed by atoms with E-state index < -0.39 is 90.7 Å². The number of carbonyl (C=O) groups excluding carboxylic acids is 4. The van der Waals surface area contributed by atoms with E-state index in [-0.39, 0.29) is 50.1 Å². The number of carbonyl (C=O) groups is 4. The number of nitrogens with zero attached hydrogens (tertiary/aromatic N) is 2. The van der Waals surface area contributed by atoms with Crippen molar-refractivity contribution < 1.29 is 50.2 Å². The molecule has 1 saturated heterocycles. The summed E-state index contributed by atoms with van der Waals surface area (Å²) in [6.07, 6.45) is 4.03. The number of nitrogens with one attached hydrogen (secondary N) is 2. The molecule has 4 heterocycles. The molecule has 1 spiro atoms. The summed E-state index contributed by atoms with van der Waals surface area (Å²) in [5.74, 6) is -4.51. The van der Waals surface area contributed by atoms with E-state index in [2.05, 4.69) is 15.0 Å². The van der Waals surface area contributed by atoms with Crippen LogP contribution < -0.4 is 14.8 Å². The third-order valence-electron chi connectivity index (χ3n) is 13.6. The molecule has 0 radical (unpaired) electrons. The first-order valence-corrected chi connectivity index (χ1v) is 22.1. The van der Waals surface area contributed by atoms with Gasteiger partial charge in [0.25, 0.3) is 5.91 Å². The average Bonchev–Trinajstić information content (AvgIpc) is 4.11. The fraction of sp³-hybridized carbons (Fsp3) is 0.643. The maximum absolute atomic E-state index is 14.9. The molecule has 2 N–H and O–H groups in total. The highest BCUT2D eigenvalue weighted by atomic mass is 32.2. The molecule has 58 heavy (non-hydrogen) atoms. The first-order valence-electron chi connectivity index (χ1n) is 20.6. The molecular formula is C42H51F3N4O8S. The van der Waals surface area contributed by atoms with E-state index in [9.17, 15) is 40.8 Å². The van der Waals surface area contributed by atoms with Crippen molar-refractivity contribution >= 4 is 44.6 Å². The molecule has 16 heteroatoms. The molecule has 4 fully saturated rings. The number of aromatic nitrogens is 1. The van der Waals surface area contributed by atoms with E-state index in [4.69, 9.17) is 9.47 Å². The van der Waals surface area contributed by atoms with Crippen LogP contribution in [0.4, 0.5) is 13.2 Å². The van der Waals surface area contributed by atoms with Gasteiger partial charge in [-0.05, 0) is 83.1 Å². The minimum atomic E-state index is -4.88. The van der Waals surface area contributed by atoms with E-state index in [0.717, 1.165) is 25.7 Å². The van der Waals surface area contributed by atoms with Crippen molar-refractivity contribution in [1.29, 1.82) is 0 Å². The number of hydrogen-bond donors (Lipinski definition) is 2. The Labute approximate surface area is 336 Å². The number of halogens is 3. The maximum atomic E-state index is 14.9. The molecule has 3 saturated carbocycles. The van der Waals surface area contributed by atoms with Crippen LogP contribution in [-0.4, -0.2) is 76.1 Å². The zero-order chi connectivity index (χ0) is 41.5. The van der Waals surface area contributed by atoms with Gasteiger partial charge >= 0.3 is 12.1 Å². The molecule has 12 nitrogen and oxygen atoms in total. The number of para-hydroxylation sites is 1. The average molecular weight is 829 g/mol. The van der Waals surface area contributed by atoms with E-state index in [1.807, 2.05) is 26.0 Å². The normalized spacial score (nSPS) is 30.8. The Morgan fingerprint density at radius 1 is 1.07 bits per heavy atom. The van der Waals surface area contributed by atoms with Crippen LogP contribution in [0.5, 0.6) is 5.75 Å². The van der Waals surface area contributed by atoms with Gasteiger partial charge in [-0.2, -0.15) is 13.2 Å². The molecule has 1 aromatic carbocycles. The van der Waals surface area contributed by atoms with Crippen LogP contribution in [0.25, 0.3) is 10.9 Å². The van der Waals surface area contributed by atoms with Crippen molar-refractivity contribution in [2.24, 2.45) is 17.8 Å². The number of ether oxygens (including phenoxy) is 2. The van der Waals surface area contributed by atoms with Gasteiger partial charge in [0.15, 0.2) is 11.4 Å². The maximum Gasteiger partial charge on any atom is 0.437 e. The largest absolute Gasteiger partial charge is 0.483 e. The van der Waals surface area contributed by atoms with Crippen LogP contribution in [0.1, 0.15) is 115 Å². The zero-order valence-corrected chi connectivity index (χ0v) is 33.9. The number of aryl methyl sites for hydroxylation is 1. The molecule has 1 aromatic heterocycles. The summed E-state index contributed by atoms with van der Waals surface area (Å²) in [4.78, 5) is 62.3. The van der Waals surface area contributed by atoms with Gasteiger partial charge in [-0.25, -0.2) is 13.4 Å². The Morgan fingerprint density at radius 3 is 2.50 bits per heavy atom. The number of amides is 3. The second-order valence-electron chi connectivity index (χ2n) is 18.1. The lowest BCUT2D eigenvalue weighted by Gasteiger charge is -2.37. The first-order chi connectivity index (χ1) is 27.3. The Hall–Kier alpha value is -4.21. The monoisotopic (exact) mass is 828 g/mol. The molecule has 0 bridgehead atoms. The number of allylic oxidation sites excluding steroid dienone is 1. The smallest absolute Gasteiger partial charge is 0.437 e. The molecule has 314 valence electrons. The third-order valence-corrected chi connectivity index (χ3v) is 15.8. The minimum absolute atomic E-state index is 0.0806. The molecule has 3 aliphatic carbocycles. The SMILES string of the molecule is CC(C)C1(OC(=O)C[C@H]2CCCCC/C=C\[C@@H]3C[C@@]3(C(=O)NS(=O)(=O)C3(C)CC3)NC(=O)[C@@H]3C[C@]4(CCc5c(c(C(F)(F)F)nc6ccccc56)O4)CN3C2=O)CC1. The minimum Gasteiger partial charge on any atom is -0.483 e. The lowest BCUT2D eigenvalue weighted by Crippen LogP contribution is -2.57. The highest BCUT2D eigenvalue weighted by Crippen LogP contribution is 2.51. The molecule has 5 atom stereocenters.